The Hall–Kier alpha value is -0.0800. The minimum atomic E-state index is 0.746. The van der Waals surface area contributed by atoms with E-state index >= 15 is 0 Å². The lowest BCUT2D eigenvalue weighted by molar-refractivity contribution is 0.0870. The topological polar surface area (TPSA) is 15.3 Å². The first kappa shape index (κ1) is 9.47. The van der Waals surface area contributed by atoms with Crippen LogP contribution in [0.5, 0.6) is 0 Å². The van der Waals surface area contributed by atoms with Crippen molar-refractivity contribution in [1.82, 2.24) is 10.2 Å². The van der Waals surface area contributed by atoms with Crippen molar-refractivity contribution in [3.63, 3.8) is 0 Å². The van der Waals surface area contributed by atoms with Crippen LogP contribution in [0.2, 0.25) is 0 Å². The predicted molar refractivity (Wildman–Crippen MR) is 55.9 cm³/mol. The van der Waals surface area contributed by atoms with E-state index in [0.717, 1.165) is 24.2 Å². The van der Waals surface area contributed by atoms with Gasteiger partial charge in [-0.25, -0.2) is 0 Å². The second kappa shape index (κ2) is 3.58. The molecule has 2 nitrogen and oxygen atoms in total. The van der Waals surface area contributed by atoms with Crippen LogP contribution in [0.3, 0.4) is 0 Å². The fraction of sp³-hybridized carbons (Fsp3) is 1.00. The third-order valence-corrected chi connectivity index (χ3v) is 3.79. The normalized spacial score (nSPS) is 40.2. The summed E-state index contributed by atoms with van der Waals surface area (Å²) in [6, 6.07) is 3.27. The highest BCUT2D eigenvalue weighted by Crippen LogP contribution is 2.36. The third-order valence-electron chi connectivity index (χ3n) is 3.79. The van der Waals surface area contributed by atoms with Crippen molar-refractivity contribution in [2.45, 2.75) is 63.7 Å². The molecule has 0 spiro atoms. The molecule has 13 heavy (non-hydrogen) atoms. The smallest absolute Gasteiger partial charge is 0.0116 e. The van der Waals surface area contributed by atoms with Crippen molar-refractivity contribution in [2.75, 3.05) is 7.05 Å². The van der Waals surface area contributed by atoms with E-state index in [9.17, 15) is 0 Å². The average Bonchev–Trinajstić information content (AvgIpc) is 2.37. The fourth-order valence-electron chi connectivity index (χ4n) is 3.29. The summed E-state index contributed by atoms with van der Waals surface area (Å²) >= 11 is 0. The van der Waals surface area contributed by atoms with Crippen molar-refractivity contribution in [1.29, 1.82) is 0 Å². The number of fused-ring (bicyclic) bond motifs is 2. The first-order valence-electron chi connectivity index (χ1n) is 5.67. The van der Waals surface area contributed by atoms with Crippen LogP contribution in [0, 0.1) is 0 Å². The molecule has 3 atom stereocenters. The zero-order chi connectivity index (χ0) is 9.42. The molecule has 2 heterocycles. The number of hydrogen-bond acceptors (Lipinski definition) is 2. The molecular formula is C11H22N2. The van der Waals surface area contributed by atoms with E-state index in [2.05, 4.69) is 31.1 Å². The Morgan fingerprint density at radius 3 is 2.08 bits per heavy atom. The van der Waals surface area contributed by atoms with Gasteiger partial charge in [-0.1, -0.05) is 0 Å². The molecule has 0 saturated carbocycles. The molecule has 1 unspecified atom stereocenters. The van der Waals surface area contributed by atoms with Gasteiger partial charge in [-0.2, -0.15) is 0 Å². The first-order valence-corrected chi connectivity index (χ1v) is 5.67. The molecule has 0 radical (unpaired) electrons. The lowest BCUT2D eigenvalue weighted by Crippen LogP contribution is -2.50. The molecule has 2 fully saturated rings. The Bertz CT molecular complexity index is 165. The highest BCUT2D eigenvalue weighted by Gasteiger charge is 2.40. The number of nitrogens with zero attached hydrogens (tertiary/aromatic N) is 1. The molecule has 2 saturated heterocycles. The molecule has 0 amide bonds. The molecule has 2 aliphatic rings. The van der Waals surface area contributed by atoms with Crippen LogP contribution < -0.4 is 5.32 Å². The van der Waals surface area contributed by atoms with Crippen molar-refractivity contribution >= 4 is 0 Å². The molecule has 2 heteroatoms. The molecule has 1 N–H and O–H groups in total. The van der Waals surface area contributed by atoms with E-state index in [1.165, 1.54) is 25.7 Å². The molecule has 0 aromatic carbocycles. The summed E-state index contributed by atoms with van der Waals surface area (Å²) in [6.07, 6.45) is 5.60. The zero-order valence-electron chi connectivity index (χ0n) is 9.09. The molecular weight excluding hydrogens is 160 g/mol. The van der Waals surface area contributed by atoms with Gasteiger partial charge in [0, 0.05) is 24.2 Å². The van der Waals surface area contributed by atoms with Gasteiger partial charge in [-0.05, 0) is 46.6 Å². The van der Waals surface area contributed by atoms with Gasteiger partial charge in [0.15, 0.2) is 0 Å². The quantitative estimate of drug-likeness (QED) is 0.698. The van der Waals surface area contributed by atoms with E-state index < -0.39 is 0 Å². The van der Waals surface area contributed by atoms with Crippen molar-refractivity contribution < 1.29 is 0 Å². The Morgan fingerprint density at radius 1 is 1.15 bits per heavy atom. The predicted octanol–water partition coefficient (Wildman–Crippen LogP) is 1.61. The van der Waals surface area contributed by atoms with Crippen LogP contribution in [0.25, 0.3) is 0 Å². The summed E-state index contributed by atoms with van der Waals surface area (Å²) in [5, 5.41) is 3.44. The Balaban J connectivity index is 2.04. The van der Waals surface area contributed by atoms with Gasteiger partial charge in [0.2, 0.25) is 0 Å². The van der Waals surface area contributed by atoms with Crippen molar-refractivity contribution in [3.05, 3.63) is 0 Å². The summed E-state index contributed by atoms with van der Waals surface area (Å²) in [7, 11) is 2.11. The minimum absolute atomic E-state index is 0.746. The van der Waals surface area contributed by atoms with Crippen LogP contribution in [0.1, 0.15) is 39.5 Å². The minimum Gasteiger partial charge on any atom is -0.317 e. The first-order chi connectivity index (χ1) is 6.22. The Morgan fingerprint density at radius 2 is 1.69 bits per heavy atom. The van der Waals surface area contributed by atoms with Gasteiger partial charge in [0.25, 0.3) is 0 Å². The van der Waals surface area contributed by atoms with Crippen LogP contribution >= 0.6 is 0 Å². The van der Waals surface area contributed by atoms with Gasteiger partial charge >= 0.3 is 0 Å². The van der Waals surface area contributed by atoms with Crippen molar-refractivity contribution in [2.24, 2.45) is 0 Å². The maximum atomic E-state index is 3.44. The lowest BCUT2D eigenvalue weighted by Gasteiger charge is -2.41. The maximum Gasteiger partial charge on any atom is 0.0116 e. The van der Waals surface area contributed by atoms with E-state index in [0.29, 0.717) is 0 Å². The standard InChI is InChI=1S/C11H22N2/c1-8(2)13-10-4-5-11(13)7-9(6-10)12-3/h8-12H,4-7H2,1-3H3/t9-,10+,11?/m1/s1. The van der Waals surface area contributed by atoms with Crippen LogP contribution in [0.15, 0.2) is 0 Å². The summed E-state index contributed by atoms with van der Waals surface area (Å²) in [5.41, 5.74) is 0. The largest absolute Gasteiger partial charge is 0.317 e. The zero-order valence-corrected chi connectivity index (χ0v) is 9.09. The number of rotatable bonds is 2. The molecule has 0 aromatic rings. The molecule has 0 aliphatic carbocycles. The second-order valence-corrected chi connectivity index (χ2v) is 4.88. The SMILES string of the molecule is CN[C@H]1CC2CC[C@@H](C1)N2C(C)C. The third kappa shape index (κ3) is 1.62. The molecule has 0 aromatic heterocycles. The van der Waals surface area contributed by atoms with Gasteiger partial charge < -0.3 is 5.32 Å². The van der Waals surface area contributed by atoms with E-state index in [1.54, 1.807) is 0 Å². The Labute approximate surface area is 81.7 Å². The summed E-state index contributed by atoms with van der Waals surface area (Å²) in [6.45, 7) is 4.68. The summed E-state index contributed by atoms with van der Waals surface area (Å²) < 4.78 is 0. The maximum absolute atomic E-state index is 3.44. The monoisotopic (exact) mass is 182 g/mol. The van der Waals surface area contributed by atoms with Crippen LogP contribution in [-0.4, -0.2) is 36.1 Å². The number of piperidine rings is 1. The molecule has 2 aliphatic heterocycles. The van der Waals surface area contributed by atoms with Gasteiger partial charge in [0.1, 0.15) is 0 Å². The molecule has 2 bridgehead atoms. The average molecular weight is 182 g/mol. The second-order valence-electron chi connectivity index (χ2n) is 4.88. The highest BCUT2D eigenvalue weighted by molar-refractivity contribution is 4.98. The summed E-state index contributed by atoms with van der Waals surface area (Å²) in [4.78, 5) is 2.74. The number of hydrogen-bond donors (Lipinski definition) is 1. The highest BCUT2D eigenvalue weighted by atomic mass is 15.2. The van der Waals surface area contributed by atoms with E-state index in [4.69, 9.17) is 0 Å². The number of nitrogens with one attached hydrogen (secondary N) is 1. The van der Waals surface area contributed by atoms with E-state index in [-0.39, 0.29) is 0 Å². The molecule has 76 valence electrons. The van der Waals surface area contributed by atoms with Crippen LogP contribution in [-0.2, 0) is 0 Å². The van der Waals surface area contributed by atoms with Crippen LogP contribution in [0.4, 0.5) is 0 Å². The van der Waals surface area contributed by atoms with Gasteiger partial charge in [-0.3, -0.25) is 4.90 Å². The molecule has 2 rings (SSSR count). The van der Waals surface area contributed by atoms with Gasteiger partial charge in [0.05, 0.1) is 0 Å². The van der Waals surface area contributed by atoms with Gasteiger partial charge in [-0.15, -0.1) is 0 Å². The van der Waals surface area contributed by atoms with E-state index in [1.807, 2.05) is 0 Å². The lowest BCUT2D eigenvalue weighted by atomic mass is 9.96. The van der Waals surface area contributed by atoms with Crippen molar-refractivity contribution in [3.8, 4) is 0 Å². The Kier molecular flexibility index (Phi) is 2.61. The summed E-state index contributed by atoms with van der Waals surface area (Å²) in [5.74, 6) is 0. The fourth-order valence-corrected chi connectivity index (χ4v) is 3.29.